The van der Waals surface area contributed by atoms with Gasteiger partial charge in [-0.1, -0.05) is 37.6 Å². The van der Waals surface area contributed by atoms with Gasteiger partial charge in [-0.3, -0.25) is 0 Å². The van der Waals surface area contributed by atoms with Gasteiger partial charge < -0.3 is 0 Å². The molecule has 0 heteroatoms. The SMILES string of the molecule is CC(C)CCC1=CCCC=C1. The van der Waals surface area contributed by atoms with Crippen molar-refractivity contribution in [3.8, 4) is 0 Å². The Morgan fingerprint density at radius 1 is 1.36 bits per heavy atom. The lowest BCUT2D eigenvalue weighted by Crippen LogP contribution is -1.90. The minimum absolute atomic E-state index is 0.839. The van der Waals surface area contributed by atoms with Gasteiger partial charge in [-0.05, 0) is 31.6 Å². The van der Waals surface area contributed by atoms with Crippen molar-refractivity contribution in [3.63, 3.8) is 0 Å². The molecule has 0 N–H and O–H groups in total. The van der Waals surface area contributed by atoms with Gasteiger partial charge >= 0.3 is 0 Å². The molecule has 0 spiro atoms. The highest BCUT2D eigenvalue weighted by Gasteiger charge is 1.98. The van der Waals surface area contributed by atoms with Crippen molar-refractivity contribution in [2.75, 3.05) is 0 Å². The summed E-state index contributed by atoms with van der Waals surface area (Å²) in [7, 11) is 0. The molecule has 0 aliphatic heterocycles. The Kier molecular flexibility index (Phi) is 3.41. The van der Waals surface area contributed by atoms with Gasteiger partial charge in [0.15, 0.2) is 0 Å². The molecular weight excluding hydrogens is 132 g/mol. The van der Waals surface area contributed by atoms with Gasteiger partial charge in [0.1, 0.15) is 0 Å². The summed E-state index contributed by atoms with van der Waals surface area (Å²) in [6, 6.07) is 0. The first kappa shape index (κ1) is 8.58. The maximum atomic E-state index is 2.38. The second-order valence-corrected chi connectivity index (χ2v) is 3.69. The van der Waals surface area contributed by atoms with E-state index in [1.807, 2.05) is 0 Å². The van der Waals surface area contributed by atoms with Crippen LogP contribution in [0, 0.1) is 5.92 Å². The first-order chi connectivity index (χ1) is 5.29. The summed E-state index contributed by atoms with van der Waals surface area (Å²) in [5, 5.41) is 0. The molecule has 62 valence electrons. The summed E-state index contributed by atoms with van der Waals surface area (Å²) in [5.74, 6) is 0.839. The summed E-state index contributed by atoms with van der Waals surface area (Å²) >= 11 is 0. The fourth-order valence-corrected chi connectivity index (χ4v) is 1.31. The molecule has 0 aromatic rings. The standard InChI is InChI=1S/C11H18/c1-10(2)8-9-11-6-4-3-5-7-11/h4,6-7,10H,3,5,8-9H2,1-2H3. The largest absolute Gasteiger partial charge is 0.0840 e. The maximum Gasteiger partial charge on any atom is -0.0280 e. The zero-order valence-corrected chi connectivity index (χ0v) is 7.64. The van der Waals surface area contributed by atoms with Crippen LogP contribution in [0.4, 0.5) is 0 Å². The van der Waals surface area contributed by atoms with Crippen LogP contribution in [0.25, 0.3) is 0 Å². The Balaban J connectivity index is 2.25. The molecule has 0 atom stereocenters. The van der Waals surface area contributed by atoms with Crippen LogP contribution in [-0.2, 0) is 0 Å². The molecule has 0 nitrogen and oxygen atoms in total. The number of rotatable bonds is 3. The smallest absolute Gasteiger partial charge is 0.0280 e. The van der Waals surface area contributed by atoms with Gasteiger partial charge in [0.05, 0.1) is 0 Å². The minimum Gasteiger partial charge on any atom is -0.0840 e. The number of allylic oxidation sites excluding steroid dienone is 4. The molecule has 1 rings (SSSR count). The van der Waals surface area contributed by atoms with E-state index in [1.165, 1.54) is 25.7 Å². The average Bonchev–Trinajstić information content (AvgIpc) is 2.03. The van der Waals surface area contributed by atoms with E-state index in [-0.39, 0.29) is 0 Å². The topological polar surface area (TPSA) is 0 Å². The zero-order chi connectivity index (χ0) is 8.10. The molecule has 11 heavy (non-hydrogen) atoms. The van der Waals surface area contributed by atoms with Crippen molar-refractivity contribution in [3.05, 3.63) is 23.8 Å². The fraction of sp³-hybridized carbons (Fsp3) is 0.636. The van der Waals surface area contributed by atoms with E-state index >= 15 is 0 Å². The summed E-state index contributed by atoms with van der Waals surface area (Å²) < 4.78 is 0. The van der Waals surface area contributed by atoms with Gasteiger partial charge in [-0.25, -0.2) is 0 Å². The lowest BCUT2D eigenvalue weighted by molar-refractivity contribution is 0.586. The van der Waals surface area contributed by atoms with E-state index in [2.05, 4.69) is 32.1 Å². The molecule has 0 radical (unpaired) electrons. The lowest BCUT2D eigenvalue weighted by Gasteiger charge is -2.08. The minimum atomic E-state index is 0.839. The normalized spacial score (nSPS) is 17.2. The second kappa shape index (κ2) is 4.38. The summed E-state index contributed by atoms with van der Waals surface area (Å²) in [6.45, 7) is 4.57. The third-order valence-electron chi connectivity index (χ3n) is 2.08. The Morgan fingerprint density at radius 3 is 2.73 bits per heavy atom. The molecule has 0 aromatic heterocycles. The first-order valence-electron chi connectivity index (χ1n) is 4.64. The van der Waals surface area contributed by atoms with E-state index < -0.39 is 0 Å². The van der Waals surface area contributed by atoms with E-state index in [4.69, 9.17) is 0 Å². The molecule has 0 bridgehead atoms. The van der Waals surface area contributed by atoms with Crippen LogP contribution in [0.15, 0.2) is 23.8 Å². The van der Waals surface area contributed by atoms with Crippen LogP contribution in [-0.4, -0.2) is 0 Å². The molecule has 0 saturated carbocycles. The lowest BCUT2D eigenvalue weighted by atomic mass is 9.99. The second-order valence-electron chi connectivity index (χ2n) is 3.69. The van der Waals surface area contributed by atoms with Gasteiger partial charge in [0, 0.05) is 0 Å². The summed E-state index contributed by atoms with van der Waals surface area (Å²) in [6.07, 6.45) is 12.0. The monoisotopic (exact) mass is 150 g/mol. The average molecular weight is 150 g/mol. The number of hydrogen-bond donors (Lipinski definition) is 0. The molecule has 0 aromatic carbocycles. The van der Waals surface area contributed by atoms with Crippen molar-refractivity contribution in [2.45, 2.75) is 39.5 Å². The van der Waals surface area contributed by atoms with E-state index in [0.717, 1.165) is 5.92 Å². The van der Waals surface area contributed by atoms with E-state index in [9.17, 15) is 0 Å². The molecule has 1 aliphatic carbocycles. The molecule has 0 unspecified atom stereocenters. The molecule has 0 fully saturated rings. The van der Waals surface area contributed by atoms with Crippen LogP contribution in [0.5, 0.6) is 0 Å². The van der Waals surface area contributed by atoms with Gasteiger partial charge in [-0.15, -0.1) is 0 Å². The molecular formula is C11H18. The Hall–Kier alpha value is -0.520. The quantitative estimate of drug-likeness (QED) is 0.575. The predicted octanol–water partition coefficient (Wildman–Crippen LogP) is 3.70. The third-order valence-corrected chi connectivity index (χ3v) is 2.08. The Morgan fingerprint density at radius 2 is 2.18 bits per heavy atom. The maximum absolute atomic E-state index is 2.38. The Bertz CT molecular complexity index is 161. The first-order valence-corrected chi connectivity index (χ1v) is 4.64. The highest BCUT2D eigenvalue weighted by Crippen LogP contribution is 2.17. The van der Waals surface area contributed by atoms with Crippen molar-refractivity contribution < 1.29 is 0 Å². The number of hydrogen-bond acceptors (Lipinski definition) is 0. The van der Waals surface area contributed by atoms with Crippen molar-refractivity contribution in [1.29, 1.82) is 0 Å². The highest BCUT2D eigenvalue weighted by molar-refractivity contribution is 5.21. The van der Waals surface area contributed by atoms with Crippen LogP contribution < -0.4 is 0 Å². The molecule has 1 aliphatic rings. The van der Waals surface area contributed by atoms with Crippen molar-refractivity contribution in [2.24, 2.45) is 5.92 Å². The van der Waals surface area contributed by atoms with Crippen molar-refractivity contribution in [1.82, 2.24) is 0 Å². The van der Waals surface area contributed by atoms with Crippen LogP contribution in [0.2, 0.25) is 0 Å². The molecule has 0 saturated heterocycles. The molecule has 0 heterocycles. The van der Waals surface area contributed by atoms with Crippen LogP contribution in [0.1, 0.15) is 39.5 Å². The highest BCUT2D eigenvalue weighted by atomic mass is 14.0. The van der Waals surface area contributed by atoms with Gasteiger partial charge in [0.2, 0.25) is 0 Å². The van der Waals surface area contributed by atoms with E-state index in [0.29, 0.717) is 0 Å². The predicted molar refractivity (Wildman–Crippen MR) is 50.5 cm³/mol. The Labute approximate surface area is 70.0 Å². The summed E-state index contributed by atoms with van der Waals surface area (Å²) in [5.41, 5.74) is 1.55. The zero-order valence-electron chi connectivity index (χ0n) is 7.64. The summed E-state index contributed by atoms with van der Waals surface area (Å²) in [4.78, 5) is 0. The van der Waals surface area contributed by atoms with Gasteiger partial charge in [-0.2, -0.15) is 0 Å². The van der Waals surface area contributed by atoms with Gasteiger partial charge in [0.25, 0.3) is 0 Å². The molecule has 0 amide bonds. The fourth-order valence-electron chi connectivity index (χ4n) is 1.31. The van der Waals surface area contributed by atoms with Crippen LogP contribution >= 0.6 is 0 Å². The van der Waals surface area contributed by atoms with E-state index in [1.54, 1.807) is 5.57 Å². The third kappa shape index (κ3) is 3.41. The van der Waals surface area contributed by atoms with Crippen molar-refractivity contribution >= 4 is 0 Å². The van der Waals surface area contributed by atoms with Crippen LogP contribution in [0.3, 0.4) is 0 Å².